The molecule has 0 saturated heterocycles. The Morgan fingerprint density at radius 1 is 1.69 bits per heavy atom. The second kappa shape index (κ2) is 3.75. The number of thiophene rings is 1. The molecule has 0 aliphatic carbocycles. The monoisotopic (exact) mass is 220 g/mol. The average molecular weight is 220 g/mol. The van der Waals surface area contributed by atoms with E-state index >= 15 is 0 Å². The van der Waals surface area contributed by atoms with Gasteiger partial charge >= 0.3 is 0 Å². The lowest BCUT2D eigenvalue weighted by atomic mass is 10.7. The molecule has 0 fully saturated rings. The maximum absolute atomic E-state index is 11.4. The maximum atomic E-state index is 11.4. The summed E-state index contributed by atoms with van der Waals surface area (Å²) in [5.41, 5.74) is 5.09. The predicted octanol–water partition coefficient (Wildman–Crippen LogP) is 0.268. The van der Waals surface area contributed by atoms with Crippen LogP contribution >= 0.6 is 11.3 Å². The third-order valence-electron chi connectivity index (χ3n) is 1.27. The number of hydrogen-bond acceptors (Lipinski definition) is 5. The molecule has 0 amide bonds. The zero-order valence-electron chi connectivity index (χ0n) is 6.54. The summed E-state index contributed by atoms with van der Waals surface area (Å²) in [5, 5.41) is 12.5. The SMILES string of the molecule is N/C(CS(=O)(=O)c1cccs1)=N\O. The fraction of sp³-hybridized carbons (Fsp3) is 0.167. The summed E-state index contributed by atoms with van der Waals surface area (Å²) in [6.07, 6.45) is 0. The molecule has 13 heavy (non-hydrogen) atoms. The van der Waals surface area contributed by atoms with Crippen molar-refractivity contribution in [1.29, 1.82) is 0 Å². The van der Waals surface area contributed by atoms with Gasteiger partial charge in [-0.3, -0.25) is 0 Å². The highest BCUT2D eigenvalue weighted by molar-refractivity contribution is 7.94. The van der Waals surface area contributed by atoms with E-state index in [9.17, 15) is 8.42 Å². The van der Waals surface area contributed by atoms with Crippen molar-refractivity contribution in [2.75, 3.05) is 5.75 Å². The number of oxime groups is 1. The number of amidine groups is 1. The Kier molecular flexibility index (Phi) is 2.89. The zero-order valence-corrected chi connectivity index (χ0v) is 8.18. The molecule has 1 aromatic rings. The van der Waals surface area contributed by atoms with Gasteiger partial charge in [-0.05, 0) is 11.4 Å². The van der Waals surface area contributed by atoms with Crippen molar-refractivity contribution in [3.63, 3.8) is 0 Å². The van der Waals surface area contributed by atoms with E-state index in [0.29, 0.717) is 0 Å². The fourth-order valence-electron chi connectivity index (χ4n) is 0.735. The van der Waals surface area contributed by atoms with Crippen LogP contribution in [0.15, 0.2) is 26.9 Å². The van der Waals surface area contributed by atoms with Crippen LogP contribution in [0, 0.1) is 0 Å². The Bertz CT molecular complexity index is 394. The van der Waals surface area contributed by atoms with Crippen LogP contribution in [0.5, 0.6) is 0 Å². The van der Waals surface area contributed by atoms with Crippen molar-refractivity contribution in [2.24, 2.45) is 10.9 Å². The summed E-state index contributed by atoms with van der Waals surface area (Å²) in [5.74, 6) is -0.766. The molecule has 72 valence electrons. The second-order valence-corrected chi connectivity index (χ2v) is 5.45. The molecule has 0 atom stereocenters. The lowest BCUT2D eigenvalue weighted by Gasteiger charge is -1.98. The van der Waals surface area contributed by atoms with Gasteiger partial charge in [-0.2, -0.15) is 0 Å². The first-order chi connectivity index (χ1) is 6.06. The molecule has 1 aromatic heterocycles. The van der Waals surface area contributed by atoms with E-state index in [1.54, 1.807) is 11.4 Å². The molecule has 5 nitrogen and oxygen atoms in total. The second-order valence-electron chi connectivity index (χ2n) is 2.28. The molecule has 0 saturated carbocycles. The van der Waals surface area contributed by atoms with Crippen LogP contribution in [0.4, 0.5) is 0 Å². The highest BCUT2D eigenvalue weighted by atomic mass is 32.2. The number of sulfone groups is 1. The largest absolute Gasteiger partial charge is 0.409 e. The molecule has 1 heterocycles. The molecule has 0 aromatic carbocycles. The van der Waals surface area contributed by atoms with Crippen LogP contribution in [-0.2, 0) is 9.84 Å². The van der Waals surface area contributed by atoms with Gasteiger partial charge in [-0.1, -0.05) is 11.2 Å². The van der Waals surface area contributed by atoms with E-state index in [4.69, 9.17) is 10.9 Å². The first kappa shape index (κ1) is 10.0. The molecule has 0 aliphatic heterocycles. The van der Waals surface area contributed by atoms with Crippen LogP contribution in [0.3, 0.4) is 0 Å². The van der Waals surface area contributed by atoms with E-state index in [1.165, 1.54) is 6.07 Å². The third kappa shape index (κ3) is 2.43. The molecular formula is C6H8N2O3S2. The minimum absolute atomic E-state index is 0.221. The van der Waals surface area contributed by atoms with E-state index < -0.39 is 15.6 Å². The Morgan fingerprint density at radius 3 is 2.85 bits per heavy atom. The van der Waals surface area contributed by atoms with Crippen molar-refractivity contribution in [1.82, 2.24) is 0 Å². The Hall–Kier alpha value is -1.08. The number of hydrogen-bond donors (Lipinski definition) is 2. The van der Waals surface area contributed by atoms with Crippen LogP contribution in [-0.4, -0.2) is 25.2 Å². The summed E-state index contributed by atoms with van der Waals surface area (Å²) < 4.78 is 23.0. The van der Waals surface area contributed by atoms with Crippen LogP contribution in [0.25, 0.3) is 0 Å². The van der Waals surface area contributed by atoms with Gasteiger partial charge in [0.25, 0.3) is 0 Å². The molecule has 0 aliphatic rings. The molecule has 0 bridgehead atoms. The number of rotatable bonds is 3. The zero-order chi connectivity index (χ0) is 9.90. The van der Waals surface area contributed by atoms with Gasteiger partial charge < -0.3 is 10.9 Å². The van der Waals surface area contributed by atoms with Crippen molar-refractivity contribution < 1.29 is 13.6 Å². The molecule has 0 radical (unpaired) electrons. The normalized spacial score (nSPS) is 13.1. The summed E-state index contributed by atoms with van der Waals surface area (Å²) in [6.45, 7) is 0. The maximum Gasteiger partial charge on any atom is 0.195 e. The van der Waals surface area contributed by atoms with Gasteiger partial charge in [0.15, 0.2) is 15.7 Å². The van der Waals surface area contributed by atoms with Crippen LogP contribution < -0.4 is 5.73 Å². The first-order valence-corrected chi connectivity index (χ1v) is 5.82. The van der Waals surface area contributed by atoms with Crippen molar-refractivity contribution >= 4 is 27.0 Å². The molecule has 1 rings (SSSR count). The fourth-order valence-corrected chi connectivity index (χ4v) is 2.99. The summed E-state index contributed by atoms with van der Waals surface area (Å²) in [4.78, 5) is 0. The lowest BCUT2D eigenvalue weighted by molar-refractivity contribution is 0.318. The lowest BCUT2D eigenvalue weighted by Crippen LogP contribution is -2.23. The number of nitrogens with two attached hydrogens (primary N) is 1. The first-order valence-electron chi connectivity index (χ1n) is 3.29. The van der Waals surface area contributed by atoms with Crippen molar-refractivity contribution in [3.05, 3.63) is 17.5 Å². The molecule has 7 heteroatoms. The Morgan fingerprint density at radius 2 is 2.38 bits per heavy atom. The smallest absolute Gasteiger partial charge is 0.195 e. The van der Waals surface area contributed by atoms with Crippen LogP contribution in [0.2, 0.25) is 0 Å². The quantitative estimate of drug-likeness (QED) is 0.331. The highest BCUT2D eigenvalue weighted by Gasteiger charge is 2.17. The van der Waals surface area contributed by atoms with E-state index in [-0.39, 0.29) is 10.0 Å². The Balaban J connectivity index is 2.92. The summed E-state index contributed by atoms with van der Waals surface area (Å²) >= 11 is 1.10. The van der Waals surface area contributed by atoms with Crippen molar-refractivity contribution in [3.8, 4) is 0 Å². The van der Waals surface area contributed by atoms with Gasteiger partial charge in [-0.25, -0.2) is 8.42 Å². The number of nitrogens with zero attached hydrogens (tertiary/aromatic N) is 1. The van der Waals surface area contributed by atoms with E-state index in [1.807, 2.05) is 0 Å². The molecule has 0 unspecified atom stereocenters. The minimum atomic E-state index is -3.43. The average Bonchev–Trinajstić information content (AvgIpc) is 2.55. The predicted molar refractivity (Wildman–Crippen MR) is 49.8 cm³/mol. The summed E-state index contributed by atoms with van der Waals surface area (Å²) in [6, 6.07) is 3.11. The molecular weight excluding hydrogens is 212 g/mol. The standard InChI is InChI=1S/C6H8N2O3S2/c7-5(8-9)4-13(10,11)6-2-1-3-12-6/h1-3,9H,4H2,(H2,7,8). The van der Waals surface area contributed by atoms with Gasteiger partial charge in [-0.15, -0.1) is 11.3 Å². The molecule has 0 spiro atoms. The highest BCUT2D eigenvalue weighted by Crippen LogP contribution is 2.16. The van der Waals surface area contributed by atoms with Gasteiger partial charge in [0.1, 0.15) is 9.96 Å². The Labute approximate surface area is 79.4 Å². The van der Waals surface area contributed by atoms with Crippen LogP contribution in [0.1, 0.15) is 0 Å². The minimum Gasteiger partial charge on any atom is -0.409 e. The van der Waals surface area contributed by atoms with E-state index in [2.05, 4.69) is 5.16 Å². The molecule has 3 N–H and O–H groups in total. The van der Waals surface area contributed by atoms with Gasteiger partial charge in [0.05, 0.1) is 0 Å². The third-order valence-corrected chi connectivity index (χ3v) is 4.40. The van der Waals surface area contributed by atoms with Gasteiger partial charge in [0, 0.05) is 0 Å². The topological polar surface area (TPSA) is 92.8 Å². The summed E-state index contributed by atoms with van der Waals surface area (Å²) in [7, 11) is -3.43. The van der Waals surface area contributed by atoms with Gasteiger partial charge in [0.2, 0.25) is 0 Å². The van der Waals surface area contributed by atoms with Crippen molar-refractivity contribution in [2.45, 2.75) is 4.21 Å². The van der Waals surface area contributed by atoms with E-state index in [0.717, 1.165) is 11.3 Å².